The van der Waals surface area contributed by atoms with E-state index >= 15 is 0 Å². The van der Waals surface area contributed by atoms with Gasteiger partial charge in [0, 0.05) is 26.4 Å². The van der Waals surface area contributed by atoms with E-state index in [0.29, 0.717) is 31.4 Å². The third-order valence-electron chi connectivity index (χ3n) is 3.70. The first-order valence-electron chi connectivity index (χ1n) is 7.53. The number of carbonyl (C=O) groups is 1. The second-order valence-electron chi connectivity index (χ2n) is 5.35. The number of amides is 1. The van der Waals surface area contributed by atoms with Gasteiger partial charge in [-0.2, -0.15) is 5.10 Å². The number of hydrogen-bond donors (Lipinski definition) is 1. The molecule has 0 aromatic carbocycles. The van der Waals surface area contributed by atoms with Crippen molar-refractivity contribution in [3.05, 3.63) is 23.3 Å². The lowest BCUT2D eigenvalue weighted by molar-refractivity contribution is -0.129. The summed E-state index contributed by atoms with van der Waals surface area (Å²) >= 11 is 0. The van der Waals surface area contributed by atoms with Crippen molar-refractivity contribution in [2.45, 2.75) is 46.3 Å². The zero-order valence-corrected chi connectivity index (χ0v) is 12.9. The molecule has 0 spiro atoms. The quantitative estimate of drug-likeness (QED) is 0.912. The molecular weight excluding hydrogens is 284 g/mol. The van der Waals surface area contributed by atoms with E-state index in [9.17, 15) is 4.79 Å². The van der Waals surface area contributed by atoms with Crippen LogP contribution in [0.15, 0.2) is 10.5 Å². The summed E-state index contributed by atoms with van der Waals surface area (Å²) < 4.78 is 7.38. The van der Waals surface area contributed by atoms with E-state index in [0.717, 1.165) is 30.9 Å². The van der Waals surface area contributed by atoms with Gasteiger partial charge in [-0.15, -0.1) is 5.10 Å². The Morgan fingerprint density at radius 2 is 2.27 bits per heavy atom. The molecule has 0 saturated carbocycles. The fourth-order valence-corrected chi connectivity index (χ4v) is 2.51. The van der Waals surface area contributed by atoms with Gasteiger partial charge < -0.3 is 14.6 Å². The van der Waals surface area contributed by atoms with E-state index in [4.69, 9.17) is 4.42 Å². The highest BCUT2D eigenvalue weighted by atomic mass is 16.4. The topological polar surface area (TPSA) is 89.1 Å². The van der Waals surface area contributed by atoms with E-state index < -0.39 is 0 Å². The number of aromatic nitrogens is 4. The molecule has 2 aromatic heterocycles. The molecule has 8 heteroatoms. The molecule has 1 aliphatic rings. The fourth-order valence-electron chi connectivity index (χ4n) is 2.51. The van der Waals surface area contributed by atoms with Crippen molar-refractivity contribution in [3.8, 4) is 0 Å². The highest BCUT2D eigenvalue weighted by Gasteiger charge is 2.18. The standard InChI is InChI=1S/C14H20N6O2/c1-3-13-16-17-14(22-13)15-8-11-7-12-9-19(10(2)21)5-4-6-20(12)18-11/h7H,3-6,8-9H2,1-2H3,(H,15,17). The molecule has 0 saturated heterocycles. The SMILES string of the molecule is CCc1nnc(NCc2cc3n(n2)CCCN(C(C)=O)C3)o1. The van der Waals surface area contributed by atoms with Gasteiger partial charge in [-0.3, -0.25) is 9.48 Å². The molecule has 0 aliphatic carbocycles. The monoisotopic (exact) mass is 304 g/mol. The summed E-state index contributed by atoms with van der Waals surface area (Å²) in [5.41, 5.74) is 1.96. The maximum atomic E-state index is 11.6. The summed E-state index contributed by atoms with van der Waals surface area (Å²) in [5, 5.41) is 15.5. The fraction of sp³-hybridized carbons (Fsp3) is 0.571. The largest absolute Gasteiger partial charge is 0.408 e. The van der Waals surface area contributed by atoms with Crippen LogP contribution >= 0.6 is 0 Å². The number of nitrogens with one attached hydrogen (secondary N) is 1. The number of nitrogens with zero attached hydrogens (tertiary/aromatic N) is 5. The summed E-state index contributed by atoms with van der Waals surface area (Å²) in [4.78, 5) is 13.4. The Morgan fingerprint density at radius 1 is 1.41 bits per heavy atom. The van der Waals surface area contributed by atoms with E-state index in [1.54, 1.807) is 6.92 Å². The second kappa shape index (κ2) is 6.17. The van der Waals surface area contributed by atoms with Crippen LogP contribution in [0.25, 0.3) is 0 Å². The van der Waals surface area contributed by atoms with Gasteiger partial charge in [0.05, 0.1) is 24.5 Å². The molecule has 0 radical (unpaired) electrons. The molecule has 1 aliphatic heterocycles. The maximum Gasteiger partial charge on any atom is 0.315 e. The van der Waals surface area contributed by atoms with Gasteiger partial charge in [-0.05, 0) is 12.5 Å². The van der Waals surface area contributed by atoms with Gasteiger partial charge in [-0.1, -0.05) is 12.0 Å². The van der Waals surface area contributed by atoms with Crippen molar-refractivity contribution < 1.29 is 9.21 Å². The average Bonchev–Trinajstić information content (AvgIpc) is 3.06. The van der Waals surface area contributed by atoms with Crippen molar-refractivity contribution in [3.63, 3.8) is 0 Å². The van der Waals surface area contributed by atoms with Crippen LogP contribution in [-0.2, 0) is 30.8 Å². The third kappa shape index (κ3) is 3.10. The van der Waals surface area contributed by atoms with Crippen LogP contribution in [0.3, 0.4) is 0 Å². The lowest BCUT2D eigenvalue weighted by Gasteiger charge is -2.17. The van der Waals surface area contributed by atoms with E-state index in [1.807, 2.05) is 22.6 Å². The maximum absolute atomic E-state index is 11.6. The number of carbonyl (C=O) groups excluding carboxylic acids is 1. The minimum Gasteiger partial charge on any atom is -0.408 e. The predicted octanol–water partition coefficient (Wildman–Crippen LogP) is 1.19. The molecular formula is C14H20N6O2. The van der Waals surface area contributed by atoms with Crippen molar-refractivity contribution in [1.29, 1.82) is 0 Å². The van der Waals surface area contributed by atoms with Crippen LogP contribution in [0.1, 0.15) is 37.5 Å². The molecule has 0 atom stereocenters. The highest BCUT2D eigenvalue weighted by Crippen LogP contribution is 2.15. The summed E-state index contributed by atoms with van der Waals surface area (Å²) in [5.74, 6) is 0.715. The molecule has 0 unspecified atom stereocenters. The lowest BCUT2D eigenvalue weighted by atomic mass is 10.3. The zero-order valence-electron chi connectivity index (χ0n) is 12.9. The van der Waals surface area contributed by atoms with Crippen molar-refractivity contribution in [2.75, 3.05) is 11.9 Å². The molecule has 0 bridgehead atoms. The van der Waals surface area contributed by atoms with Gasteiger partial charge in [0.1, 0.15) is 0 Å². The smallest absolute Gasteiger partial charge is 0.315 e. The Bertz CT molecular complexity index is 662. The van der Waals surface area contributed by atoms with Crippen molar-refractivity contribution >= 4 is 11.9 Å². The molecule has 0 fully saturated rings. The number of rotatable bonds is 4. The minimum atomic E-state index is 0.104. The molecule has 22 heavy (non-hydrogen) atoms. The number of fused-ring (bicyclic) bond motifs is 1. The summed E-state index contributed by atoms with van der Waals surface area (Å²) in [7, 11) is 0. The summed E-state index contributed by atoms with van der Waals surface area (Å²) in [6.45, 7) is 6.32. The van der Waals surface area contributed by atoms with Crippen LogP contribution in [-0.4, -0.2) is 37.3 Å². The zero-order chi connectivity index (χ0) is 15.5. The van der Waals surface area contributed by atoms with Gasteiger partial charge >= 0.3 is 6.01 Å². The first-order chi connectivity index (χ1) is 10.7. The lowest BCUT2D eigenvalue weighted by Crippen LogP contribution is -2.28. The summed E-state index contributed by atoms with van der Waals surface area (Å²) in [6.07, 6.45) is 1.64. The average molecular weight is 304 g/mol. The number of anilines is 1. The van der Waals surface area contributed by atoms with Gasteiger partial charge in [0.15, 0.2) is 0 Å². The van der Waals surface area contributed by atoms with Crippen LogP contribution in [0.4, 0.5) is 6.01 Å². The first kappa shape index (κ1) is 14.6. The minimum absolute atomic E-state index is 0.104. The molecule has 3 heterocycles. The molecule has 1 N–H and O–H groups in total. The van der Waals surface area contributed by atoms with Gasteiger partial charge in [-0.25, -0.2) is 0 Å². The van der Waals surface area contributed by atoms with E-state index in [2.05, 4.69) is 20.6 Å². The normalized spacial score (nSPS) is 14.5. The van der Waals surface area contributed by atoms with E-state index in [1.165, 1.54) is 0 Å². The van der Waals surface area contributed by atoms with Gasteiger partial charge in [0.2, 0.25) is 11.8 Å². The van der Waals surface area contributed by atoms with Crippen molar-refractivity contribution in [2.24, 2.45) is 0 Å². The number of aryl methyl sites for hydroxylation is 2. The highest BCUT2D eigenvalue weighted by molar-refractivity contribution is 5.73. The molecule has 3 rings (SSSR count). The van der Waals surface area contributed by atoms with Gasteiger partial charge in [0.25, 0.3) is 0 Å². The Labute approximate surface area is 128 Å². The Balaban J connectivity index is 1.66. The molecule has 8 nitrogen and oxygen atoms in total. The van der Waals surface area contributed by atoms with E-state index in [-0.39, 0.29) is 5.91 Å². The van der Waals surface area contributed by atoms with Crippen LogP contribution in [0, 0.1) is 0 Å². The molecule has 2 aromatic rings. The van der Waals surface area contributed by atoms with Crippen LogP contribution < -0.4 is 5.32 Å². The first-order valence-corrected chi connectivity index (χ1v) is 7.53. The van der Waals surface area contributed by atoms with Crippen LogP contribution in [0.5, 0.6) is 0 Å². The second-order valence-corrected chi connectivity index (χ2v) is 5.35. The molecule has 1 amide bonds. The molecule has 118 valence electrons. The van der Waals surface area contributed by atoms with Crippen LogP contribution in [0.2, 0.25) is 0 Å². The Morgan fingerprint density at radius 3 is 3.00 bits per heavy atom. The number of hydrogen-bond acceptors (Lipinski definition) is 6. The summed E-state index contributed by atoms with van der Waals surface area (Å²) in [6, 6.07) is 2.43. The Kier molecular flexibility index (Phi) is 4.08. The van der Waals surface area contributed by atoms with Crippen molar-refractivity contribution in [1.82, 2.24) is 24.9 Å². The Hall–Kier alpha value is -2.38. The predicted molar refractivity (Wildman–Crippen MR) is 78.9 cm³/mol. The third-order valence-corrected chi connectivity index (χ3v) is 3.70.